The third-order valence-corrected chi connectivity index (χ3v) is 5.86. The number of aliphatic hydroxyl groups is 2. The second-order valence-corrected chi connectivity index (χ2v) is 8.45. The number of aromatic nitrogens is 4. The van der Waals surface area contributed by atoms with Gasteiger partial charge in [-0.3, -0.25) is 9.09 Å². The van der Waals surface area contributed by atoms with Crippen LogP contribution in [0.5, 0.6) is 0 Å². The van der Waals surface area contributed by atoms with Crippen LogP contribution in [0.15, 0.2) is 12.7 Å². The van der Waals surface area contributed by atoms with Crippen molar-refractivity contribution >= 4 is 32.5 Å². The summed E-state index contributed by atoms with van der Waals surface area (Å²) in [4.78, 5) is 38.5. The fourth-order valence-corrected chi connectivity index (χ4v) is 4.19. The van der Waals surface area contributed by atoms with Crippen molar-refractivity contribution in [3.05, 3.63) is 12.7 Å². The molecule has 0 saturated carbocycles. The van der Waals surface area contributed by atoms with Crippen molar-refractivity contribution in [1.82, 2.24) is 19.5 Å². The summed E-state index contributed by atoms with van der Waals surface area (Å²) in [5.41, 5.74) is 6.17. The minimum Gasteiger partial charge on any atom is -0.387 e. The lowest BCUT2D eigenvalue weighted by Crippen LogP contribution is -2.33. The summed E-state index contributed by atoms with van der Waals surface area (Å²) in [6, 6.07) is 0. The standard InChI is InChI=1S/C10H16N6O9P2/c11-8-5-9(14-2-13-8)16(3-15-5)10-7(18)6(17)4(24-10)1-23-26(12,19)25-27(20,21)22/h2-4,6-7,10,17-18H,1H2,(H2,12,19)(H2,11,13,14)(H2,20,21,22)/t4-,6-,7-,10-,26?/m1/s1. The molecule has 17 heteroatoms. The van der Waals surface area contributed by atoms with E-state index < -0.39 is 46.7 Å². The van der Waals surface area contributed by atoms with E-state index in [0.717, 1.165) is 0 Å². The van der Waals surface area contributed by atoms with Gasteiger partial charge in [0.2, 0.25) is 0 Å². The number of nitrogens with zero attached hydrogens (tertiary/aromatic N) is 4. The van der Waals surface area contributed by atoms with Crippen molar-refractivity contribution in [3.8, 4) is 0 Å². The quantitative estimate of drug-likeness (QED) is 0.265. The number of fused-ring (bicyclic) bond motifs is 1. The maximum absolute atomic E-state index is 10.7. The van der Waals surface area contributed by atoms with Crippen molar-refractivity contribution in [2.24, 2.45) is 0 Å². The van der Waals surface area contributed by atoms with E-state index in [2.05, 4.69) is 23.8 Å². The Morgan fingerprint density at radius 3 is 2.63 bits per heavy atom. The van der Waals surface area contributed by atoms with Gasteiger partial charge >= 0.3 is 15.6 Å². The SMILES string of the molecule is N=P(O)(OC[C@H]1O[C@@H](n2cnc3c(N)ncnc32)[C@H](O)[C@@H]1O)OP(=O)(O)O. The third-order valence-electron chi connectivity index (χ3n) is 3.63. The molecular formula is C10H16N6O9P2. The number of rotatable bonds is 6. The fourth-order valence-electron chi connectivity index (χ4n) is 2.50. The van der Waals surface area contributed by atoms with E-state index in [9.17, 15) is 19.7 Å². The Kier molecular flexibility index (Phi) is 5.35. The highest BCUT2D eigenvalue weighted by Gasteiger charge is 2.45. The molecule has 3 heterocycles. The first-order valence-corrected chi connectivity index (χ1v) is 10.3. The Hall–Kier alpha value is -1.51. The van der Waals surface area contributed by atoms with Gasteiger partial charge in [-0.15, -0.1) is 0 Å². The van der Waals surface area contributed by atoms with Crippen LogP contribution in [-0.4, -0.2) is 69.3 Å². The Morgan fingerprint density at radius 1 is 1.26 bits per heavy atom. The molecule has 1 unspecified atom stereocenters. The van der Waals surface area contributed by atoms with Gasteiger partial charge in [-0.25, -0.2) is 29.0 Å². The number of ether oxygens (including phenoxy) is 1. The zero-order valence-corrected chi connectivity index (χ0v) is 15.1. The van der Waals surface area contributed by atoms with Gasteiger partial charge < -0.3 is 35.4 Å². The molecule has 15 nitrogen and oxygen atoms in total. The van der Waals surface area contributed by atoms with Crippen molar-refractivity contribution < 1.29 is 43.0 Å². The molecule has 1 saturated heterocycles. The second-order valence-electron chi connectivity index (χ2n) is 5.52. The second kappa shape index (κ2) is 7.14. The van der Waals surface area contributed by atoms with Crippen molar-refractivity contribution in [2.75, 3.05) is 12.3 Å². The summed E-state index contributed by atoms with van der Waals surface area (Å²) in [7, 11) is -9.79. The number of hydrogen-bond donors (Lipinski definition) is 7. The molecule has 0 aliphatic carbocycles. The summed E-state index contributed by atoms with van der Waals surface area (Å²) >= 11 is 0. The Morgan fingerprint density at radius 2 is 1.96 bits per heavy atom. The van der Waals surface area contributed by atoms with Crippen LogP contribution in [-0.2, 0) is 18.1 Å². The normalized spacial score (nSPS) is 28.5. The smallest absolute Gasteiger partial charge is 0.387 e. The molecule has 1 fully saturated rings. The van der Waals surface area contributed by atoms with Crippen LogP contribution in [0.1, 0.15) is 6.23 Å². The molecule has 1 aliphatic heterocycles. The molecule has 0 spiro atoms. The Balaban J connectivity index is 1.75. The van der Waals surface area contributed by atoms with Crippen molar-refractivity contribution in [1.29, 1.82) is 5.16 Å². The monoisotopic (exact) mass is 426 g/mol. The first kappa shape index (κ1) is 20.2. The lowest BCUT2D eigenvalue weighted by Gasteiger charge is -2.19. The molecule has 2 aromatic rings. The highest BCUT2D eigenvalue weighted by Crippen LogP contribution is 2.58. The molecular weight excluding hydrogens is 410 g/mol. The maximum atomic E-state index is 10.7. The van der Waals surface area contributed by atoms with Gasteiger partial charge in [0.1, 0.15) is 30.2 Å². The lowest BCUT2D eigenvalue weighted by molar-refractivity contribution is -0.0491. The molecule has 8 N–H and O–H groups in total. The largest absolute Gasteiger partial charge is 0.477 e. The van der Waals surface area contributed by atoms with E-state index in [-0.39, 0.29) is 17.0 Å². The summed E-state index contributed by atoms with van der Waals surface area (Å²) in [5.74, 6) is 0.102. The van der Waals surface area contributed by atoms with Gasteiger partial charge in [0.15, 0.2) is 17.7 Å². The number of nitrogen functional groups attached to an aromatic ring is 1. The van der Waals surface area contributed by atoms with Gasteiger partial charge in [0, 0.05) is 0 Å². The van der Waals surface area contributed by atoms with Gasteiger partial charge in [-0.1, -0.05) is 0 Å². The van der Waals surface area contributed by atoms with Gasteiger partial charge in [0.25, 0.3) is 0 Å². The molecule has 27 heavy (non-hydrogen) atoms. The average molecular weight is 426 g/mol. The minimum atomic E-state index is -5.16. The van der Waals surface area contributed by atoms with Crippen LogP contribution in [0.4, 0.5) is 5.82 Å². The van der Waals surface area contributed by atoms with Gasteiger partial charge in [0.05, 0.1) is 12.9 Å². The van der Waals surface area contributed by atoms with Gasteiger partial charge in [-0.05, 0) is 0 Å². The van der Waals surface area contributed by atoms with Crippen LogP contribution in [0.25, 0.3) is 11.2 Å². The molecule has 3 rings (SSSR count). The molecule has 1 aliphatic rings. The fraction of sp³-hybridized carbons (Fsp3) is 0.500. The minimum absolute atomic E-state index is 0.102. The summed E-state index contributed by atoms with van der Waals surface area (Å²) in [6.45, 7) is -0.688. The van der Waals surface area contributed by atoms with Crippen molar-refractivity contribution in [3.63, 3.8) is 0 Å². The zero-order valence-electron chi connectivity index (χ0n) is 13.3. The van der Waals surface area contributed by atoms with Crippen LogP contribution in [0.2, 0.25) is 0 Å². The zero-order chi connectivity index (χ0) is 20.0. The molecule has 2 aromatic heterocycles. The van der Waals surface area contributed by atoms with Crippen molar-refractivity contribution in [2.45, 2.75) is 24.5 Å². The third kappa shape index (κ3) is 4.33. The first-order valence-electron chi connectivity index (χ1n) is 7.21. The summed E-state index contributed by atoms with van der Waals surface area (Å²) in [5, 5.41) is 27.6. The number of nitrogens with two attached hydrogens (primary N) is 1. The molecule has 0 bridgehead atoms. The van der Waals surface area contributed by atoms with E-state index >= 15 is 0 Å². The van der Waals surface area contributed by atoms with Gasteiger partial charge in [-0.2, -0.15) is 0 Å². The lowest BCUT2D eigenvalue weighted by atomic mass is 10.1. The number of phosphoric acid groups is 1. The van der Waals surface area contributed by atoms with Crippen LogP contribution >= 0.6 is 15.6 Å². The molecule has 5 atom stereocenters. The predicted octanol–water partition coefficient (Wildman–Crippen LogP) is -1.33. The molecule has 0 radical (unpaired) electrons. The molecule has 0 aromatic carbocycles. The highest BCUT2D eigenvalue weighted by atomic mass is 31.3. The van der Waals surface area contributed by atoms with E-state index in [1.165, 1.54) is 17.2 Å². The predicted molar refractivity (Wildman–Crippen MR) is 86.6 cm³/mol. The van der Waals surface area contributed by atoms with E-state index in [4.69, 9.17) is 25.4 Å². The number of anilines is 1. The number of hydrogen-bond acceptors (Lipinski definition) is 11. The number of aliphatic hydroxyl groups excluding tert-OH is 2. The Bertz CT molecular complexity index is 933. The van der Waals surface area contributed by atoms with Crippen LogP contribution < -0.4 is 5.73 Å². The topological polar surface area (TPSA) is 239 Å². The average Bonchev–Trinajstić information content (AvgIpc) is 3.07. The molecule has 0 amide bonds. The van der Waals surface area contributed by atoms with E-state index in [0.29, 0.717) is 0 Å². The Labute approximate surface area is 150 Å². The summed E-state index contributed by atoms with van der Waals surface area (Å²) in [6.07, 6.45) is -2.94. The van der Waals surface area contributed by atoms with Crippen LogP contribution in [0.3, 0.4) is 0 Å². The maximum Gasteiger partial charge on any atom is 0.477 e. The summed E-state index contributed by atoms with van der Waals surface area (Å²) < 4.78 is 26.0. The first-order chi connectivity index (χ1) is 12.5. The molecule has 150 valence electrons. The van der Waals surface area contributed by atoms with E-state index in [1.54, 1.807) is 0 Å². The number of nitrogens with one attached hydrogen (secondary N) is 1. The van der Waals surface area contributed by atoms with E-state index in [1.807, 2.05) is 0 Å². The number of imidazole rings is 1. The van der Waals surface area contributed by atoms with Crippen LogP contribution in [0, 0.1) is 5.16 Å². The highest BCUT2D eigenvalue weighted by molar-refractivity contribution is 7.61.